The highest BCUT2D eigenvalue weighted by Gasteiger charge is 2.29. The van der Waals surface area contributed by atoms with Gasteiger partial charge in [0.25, 0.3) is 0 Å². The van der Waals surface area contributed by atoms with Crippen LogP contribution in [-0.2, 0) is 28.2 Å². The van der Waals surface area contributed by atoms with Crippen LogP contribution in [-0.4, -0.2) is 44.1 Å². The SMILES string of the molecule is COc1ccc(C2CCOCC2)c2c1CC(=NS(=O)(=O)c1cnc(C)n1C)N2. The van der Waals surface area contributed by atoms with Crippen molar-refractivity contribution in [3.8, 4) is 5.75 Å². The Kier molecular flexibility index (Phi) is 4.88. The van der Waals surface area contributed by atoms with E-state index in [2.05, 4.69) is 20.8 Å². The van der Waals surface area contributed by atoms with Crippen LogP contribution in [0.3, 0.4) is 0 Å². The Morgan fingerprint density at radius 2 is 2.07 bits per heavy atom. The molecule has 0 spiro atoms. The standard InChI is InChI=1S/C19H24N4O4S/c1-12-20-11-18(23(12)2)28(24,25)22-17-10-15-16(26-3)5-4-14(19(15)21-17)13-6-8-27-9-7-13/h4-5,11,13H,6-10H2,1-3H3,(H,21,22). The van der Waals surface area contributed by atoms with E-state index >= 15 is 0 Å². The molecule has 1 N–H and O–H groups in total. The third-order valence-electron chi connectivity index (χ3n) is 5.47. The number of ether oxygens (including phenoxy) is 2. The Balaban J connectivity index is 1.70. The number of amidine groups is 1. The number of nitrogens with one attached hydrogen (secondary N) is 1. The van der Waals surface area contributed by atoms with Crippen LogP contribution in [0.15, 0.2) is 27.8 Å². The van der Waals surface area contributed by atoms with Gasteiger partial charge in [0.15, 0.2) is 5.03 Å². The zero-order chi connectivity index (χ0) is 19.9. The molecule has 0 unspecified atom stereocenters. The molecular weight excluding hydrogens is 380 g/mol. The fourth-order valence-corrected chi connectivity index (χ4v) is 4.99. The largest absolute Gasteiger partial charge is 0.496 e. The van der Waals surface area contributed by atoms with Crippen molar-refractivity contribution >= 4 is 21.5 Å². The number of nitrogens with zero attached hydrogens (tertiary/aromatic N) is 3. The number of benzene rings is 1. The molecule has 1 aromatic heterocycles. The molecule has 9 heteroatoms. The van der Waals surface area contributed by atoms with Crippen LogP contribution in [0.5, 0.6) is 5.75 Å². The lowest BCUT2D eigenvalue weighted by molar-refractivity contribution is 0.0854. The maximum Gasteiger partial charge on any atom is 0.301 e. The number of hydrogen-bond acceptors (Lipinski definition) is 5. The number of sulfonamides is 1. The first kappa shape index (κ1) is 18.9. The molecule has 28 heavy (non-hydrogen) atoms. The molecule has 0 atom stereocenters. The number of hydrogen-bond donors (Lipinski definition) is 1. The van der Waals surface area contributed by atoms with Crippen molar-refractivity contribution in [3.05, 3.63) is 35.3 Å². The molecule has 1 aromatic carbocycles. The number of methoxy groups -OCH3 is 1. The molecule has 1 fully saturated rings. The third kappa shape index (κ3) is 3.29. The number of fused-ring (bicyclic) bond motifs is 1. The molecule has 3 heterocycles. The lowest BCUT2D eigenvalue weighted by Gasteiger charge is -2.24. The second kappa shape index (κ2) is 7.21. The van der Waals surface area contributed by atoms with Gasteiger partial charge in [-0.25, -0.2) is 4.98 Å². The summed E-state index contributed by atoms with van der Waals surface area (Å²) in [7, 11) is -0.579. The third-order valence-corrected chi connectivity index (χ3v) is 6.84. The predicted molar refractivity (Wildman–Crippen MR) is 106 cm³/mol. The van der Waals surface area contributed by atoms with Crippen molar-refractivity contribution < 1.29 is 17.9 Å². The second-order valence-corrected chi connectivity index (χ2v) is 8.67. The monoisotopic (exact) mass is 404 g/mol. The fourth-order valence-electron chi connectivity index (χ4n) is 3.83. The van der Waals surface area contributed by atoms with Gasteiger partial charge in [0.1, 0.15) is 17.4 Å². The van der Waals surface area contributed by atoms with Gasteiger partial charge < -0.3 is 19.4 Å². The van der Waals surface area contributed by atoms with E-state index < -0.39 is 10.0 Å². The summed E-state index contributed by atoms with van der Waals surface area (Å²) in [6.07, 6.45) is 3.61. The van der Waals surface area contributed by atoms with Crippen LogP contribution in [0.4, 0.5) is 5.69 Å². The number of aryl methyl sites for hydroxylation is 1. The van der Waals surface area contributed by atoms with Crippen molar-refractivity contribution in [2.45, 2.75) is 37.1 Å². The minimum atomic E-state index is -3.86. The van der Waals surface area contributed by atoms with Gasteiger partial charge in [-0.2, -0.15) is 8.42 Å². The van der Waals surface area contributed by atoms with Crippen LogP contribution in [0, 0.1) is 6.92 Å². The van der Waals surface area contributed by atoms with E-state index in [0.29, 0.717) is 24.0 Å². The molecule has 2 aliphatic heterocycles. The highest BCUT2D eigenvalue weighted by atomic mass is 32.2. The maximum atomic E-state index is 12.8. The molecule has 2 aromatic rings. The van der Waals surface area contributed by atoms with Crippen molar-refractivity contribution in [1.29, 1.82) is 0 Å². The van der Waals surface area contributed by atoms with Gasteiger partial charge in [0.05, 0.1) is 19.0 Å². The first-order valence-corrected chi connectivity index (χ1v) is 10.7. The van der Waals surface area contributed by atoms with Gasteiger partial charge in [-0.15, -0.1) is 4.40 Å². The van der Waals surface area contributed by atoms with E-state index in [9.17, 15) is 8.42 Å². The highest BCUT2D eigenvalue weighted by molar-refractivity contribution is 7.90. The Bertz CT molecular complexity index is 1040. The summed E-state index contributed by atoms with van der Waals surface area (Å²) in [6, 6.07) is 4.01. The Morgan fingerprint density at radius 3 is 2.71 bits per heavy atom. The molecule has 0 saturated carbocycles. The van der Waals surface area contributed by atoms with Crippen LogP contribution in [0.2, 0.25) is 0 Å². The summed E-state index contributed by atoms with van der Waals surface area (Å²) in [5.41, 5.74) is 3.03. The Hall–Kier alpha value is -2.39. The smallest absolute Gasteiger partial charge is 0.301 e. The van der Waals surface area contributed by atoms with E-state index in [-0.39, 0.29) is 5.03 Å². The number of imidazole rings is 1. The molecular formula is C19H24N4O4S. The average Bonchev–Trinajstić information content (AvgIpc) is 3.25. The van der Waals surface area contributed by atoms with Crippen molar-refractivity contribution in [2.75, 3.05) is 25.6 Å². The minimum absolute atomic E-state index is 0.0758. The lowest BCUT2D eigenvalue weighted by atomic mass is 9.89. The fraction of sp³-hybridized carbons (Fsp3) is 0.474. The summed E-state index contributed by atoms with van der Waals surface area (Å²) in [5.74, 6) is 2.12. The van der Waals surface area contributed by atoms with Gasteiger partial charge in [-0.3, -0.25) is 0 Å². The van der Waals surface area contributed by atoms with Gasteiger partial charge in [-0.05, 0) is 37.3 Å². The predicted octanol–water partition coefficient (Wildman–Crippen LogP) is 2.39. The normalized spacial score (nSPS) is 18.9. The second-order valence-electron chi connectivity index (χ2n) is 7.11. The molecule has 150 valence electrons. The van der Waals surface area contributed by atoms with Crippen LogP contribution in [0.25, 0.3) is 0 Å². The molecule has 0 bridgehead atoms. The topological polar surface area (TPSA) is 94.8 Å². The molecule has 0 aliphatic carbocycles. The minimum Gasteiger partial charge on any atom is -0.496 e. The van der Waals surface area contributed by atoms with E-state index in [4.69, 9.17) is 9.47 Å². The molecule has 0 amide bonds. The molecule has 8 nitrogen and oxygen atoms in total. The Labute approximate surface area is 164 Å². The Morgan fingerprint density at radius 1 is 1.32 bits per heavy atom. The summed E-state index contributed by atoms with van der Waals surface area (Å²) < 4.78 is 42.1. The summed E-state index contributed by atoms with van der Waals surface area (Å²) >= 11 is 0. The summed E-state index contributed by atoms with van der Waals surface area (Å²) in [5, 5.41) is 3.32. The zero-order valence-electron chi connectivity index (χ0n) is 16.2. The van der Waals surface area contributed by atoms with Crippen molar-refractivity contribution in [3.63, 3.8) is 0 Å². The zero-order valence-corrected chi connectivity index (χ0v) is 17.0. The molecule has 1 saturated heterocycles. The van der Waals surface area contributed by atoms with Crippen molar-refractivity contribution in [2.24, 2.45) is 11.4 Å². The first-order chi connectivity index (χ1) is 13.4. The van der Waals surface area contributed by atoms with Gasteiger partial charge in [0, 0.05) is 32.2 Å². The van der Waals surface area contributed by atoms with Crippen molar-refractivity contribution in [1.82, 2.24) is 9.55 Å². The van der Waals surface area contributed by atoms with Gasteiger partial charge in [-0.1, -0.05) is 6.07 Å². The molecule has 2 aliphatic rings. The van der Waals surface area contributed by atoms with Crippen LogP contribution >= 0.6 is 0 Å². The highest BCUT2D eigenvalue weighted by Crippen LogP contribution is 2.41. The molecule has 0 radical (unpaired) electrons. The summed E-state index contributed by atoms with van der Waals surface area (Å²) in [4.78, 5) is 4.06. The average molecular weight is 404 g/mol. The number of anilines is 1. The summed E-state index contributed by atoms with van der Waals surface area (Å²) in [6.45, 7) is 3.22. The van der Waals surface area contributed by atoms with E-state index in [1.807, 2.05) is 6.07 Å². The first-order valence-electron chi connectivity index (χ1n) is 9.27. The quantitative estimate of drug-likeness (QED) is 0.841. The lowest BCUT2D eigenvalue weighted by Crippen LogP contribution is -2.16. The number of aromatic nitrogens is 2. The van der Waals surface area contributed by atoms with E-state index in [1.165, 1.54) is 10.8 Å². The maximum absolute atomic E-state index is 12.8. The molecule has 4 rings (SSSR count). The number of rotatable bonds is 4. The van der Waals surface area contributed by atoms with E-state index in [0.717, 1.165) is 48.6 Å². The van der Waals surface area contributed by atoms with E-state index in [1.54, 1.807) is 21.1 Å². The van der Waals surface area contributed by atoms with Crippen LogP contribution < -0.4 is 10.1 Å². The van der Waals surface area contributed by atoms with Crippen LogP contribution in [0.1, 0.15) is 35.7 Å². The van der Waals surface area contributed by atoms with Gasteiger partial charge in [0.2, 0.25) is 0 Å². The van der Waals surface area contributed by atoms with Gasteiger partial charge >= 0.3 is 10.0 Å².